The van der Waals surface area contributed by atoms with Crippen LogP contribution in [0, 0.1) is 83.1 Å². The van der Waals surface area contributed by atoms with E-state index in [2.05, 4.69) is 350 Å². The molecule has 0 aromatic heterocycles. The number of anilines is 6. The van der Waals surface area contributed by atoms with E-state index in [0.29, 0.717) is 11.8 Å². The molecule has 0 amide bonds. The zero-order valence-corrected chi connectivity index (χ0v) is 66.7. The second kappa shape index (κ2) is 26.5. The van der Waals surface area contributed by atoms with Crippen LogP contribution >= 0.6 is 31.9 Å². The summed E-state index contributed by atoms with van der Waals surface area (Å²) >= 11 is 7.77. The normalized spacial score (nSPS) is 13.9. The highest BCUT2D eigenvalue weighted by Gasteiger charge is 2.36. The number of benzene rings is 14. The summed E-state index contributed by atoms with van der Waals surface area (Å²) in [6.45, 7) is 45.6. The molecular formula is C97H100Br2N2. The fourth-order valence-corrected chi connectivity index (χ4v) is 18.7. The second-order valence-corrected chi connectivity index (χ2v) is 34.2. The molecule has 0 heterocycles. The molecule has 2 nitrogen and oxygen atoms in total. The van der Waals surface area contributed by atoms with Gasteiger partial charge in [0.1, 0.15) is 0 Å². The lowest BCUT2D eigenvalue weighted by molar-refractivity contribution is 0.475. The van der Waals surface area contributed by atoms with E-state index in [9.17, 15) is 0 Å². The molecule has 0 unspecified atom stereocenters. The maximum Gasteiger partial charge on any atom is 0.0543 e. The van der Waals surface area contributed by atoms with Crippen LogP contribution in [-0.2, 0) is 30.1 Å². The Labute approximate surface area is 619 Å². The van der Waals surface area contributed by atoms with Crippen molar-refractivity contribution in [3.8, 4) is 0 Å². The fourth-order valence-electron chi connectivity index (χ4n) is 17.5. The van der Waals surface area contributed by atoms with Crippen LogP contribution in [0.4, 0.5) is 34.1 Å². The third-order valence-corrected chi connectivity index (χ3v) is 24.4. The minimum absolute atomic E-state index is 0.0143. The van der Waals surface area contributed by atoms with E-state index in [1.54, 1.807) is 0 Å². The Morgan fingerprint density at radius 1 is 0.307 bits per heavy atom. The summed E-state index contributed by atoms with van der Waals surface area (Å²) in [6, 6.07) is 65.6. The van der Waals surface area contributed by atoms with Crippen LogP contribution in [0.25, 0.3) is 64.6 Å². The molecule has 0 radical (unpaired) electrons. The zero-order valence-electron chi connectivity index (χ0n) is 63.5. The molecule has 14 aromatic rings. The van der Waals surface area contributed by atoms with E-state index in [0.717, 1.165) is 25.7 Å². The molecule has 0 N–H and O–H groups in total. The first kappa shape index (κ1) is 69.8. The van der Waals surface area contributed by atoms with Crippen LogP contribution in [0.5, 0.6) is 0 Å². The van der Waals surface area contributed by atoms with Crippen LogP contribution in [0.1, 0.15) is 191 Å². The Morgan fingerprint density at radius 2 is 0.644 bits per heavy atom. The van der Waals surface area contributed by atoms with Crippen molar-refractivity contribution < 1.29 is 0 Å². The van der Waals surface area contributed by atoms with Gasteiger partial charge in [0, 0.05) is 47.9 Å². The summed E-state index contributed by atoms with van der Waals surface area (Å²) in [7, 11) is 0. The minimum atomic E-state index is 0.0143. The number of halogens is 2. The van der Waals surface area contributed by atoms with Gasteiger partial charge in [-0.3, -0.25) is 0 Å². The van der Waals surface area contributed by atoms with Crippen molar-refractivity contribution in [1.82, 2.24) is 0 Å². The van der Waals surface area contributed by atoms with E-state index >= 15 is 0 Å². The number of hydrogen-bond donors (Lipinski definition) is 0. The molecule has 0 spiro atoms. The van der Waals surface area contributed by atoms with Gasteiger partial charge in [0.15, 0.2) is 0 Å². The first-order chi connectivity index (χ1) is 48.0. The summed E-state index contributed by atoms with van der Waals surface area (Å²) in [6.07, 6.45) is 5.56. The van der Waals surface area contributed by atoms with Crippen LogP contribution in [0.2, 0.25) is 0 Å². The average Bonchev–Trinajstić information content (AvgIpc) is 0.701. The van der Waals surface area contributed by atoms with Crippen LogP contribution in [-0.4, -0.2) is 0 Å². The fraction of sp³-hybridized carbons (Fsp3) is 0.299. The number of nitrogens with zero attached hydrogens (tertiary/aromatic N) is 2. The summed E-state index contributed by atoms with van der Waals surface area (Å²) in [5.74, 6) is 0.829. The van der Waals surface area contributed by atoms with Gasteiger partial charge in [0.05, 0.1) is 11.4 Å². The standard InChI is InChI=1S/C56H58N2.C24H22Br2.C17H20/c1-32(2)44-31-52(58(49-21-15-35(5)27-39(49)9)50-22-16-36(6)28-40(50)10)45-30-46-53-41(23-24-56(46,11)12)29-51(43-18-17-42(44)54(45)55(43)53)57(47-19-13-33(3)25-37(47)7)48-20-14-34(4)26-38(48)8;1-12(2)16-11-20(26)17-10-18-21-13(7-8-24(18,3)4)9-19(25)15-6-5-14(16)22(17)23(15)21;1-12-5-7-16(14(3)9-12)11-17-8-6-13(2)10-15(17)4/h13-22,25-32H,23-24H2,1-12H3;5-6,9-12H,7-8H2,1-4H3;5-10H,11H2,1-4H3. The van der Waals surface area contributed by atoms with Crippen molar-refractivity contribution in [2.45, 2.75) is 193 Å². The van der Waals surface area contributed by atoms with E-state index in [1.807, 2.05) is 0 Å². The molecule has 0 saturated carbocycles. The predicted molar refractivity (Wildman–Crippen MR) is 448 cm³/mol. The predicted octanol–water partition coefficient (Wildman–Crippen LogP) is 29.3. The van der Waals surface area contributed by atoms with E-state index in [-0.39, 0.29) is 10.8 Å². The Balaban J connectivity index is 0.000000163. The molecule has 16 rings (SSSR count). The molecule has 512 valence electrons. The molecule has 0 atom stereocenters. The van der Waals surface area contributed by atoms with Gasteiger partial charge in [-0.15, -0.1) is 0 Å². The van der Waals surface area contributed by atoms with Gasteiger partial charge >= 0.3 is 0 Å². The van der Waals surface area contributed by atoms with Crippen molar-refractivity contribution >= 4 is 131 Å². The first-order valence-electron chi connectivity index (χ1n) is 36.9. The van der Waals surface area contributed by atoms with Crippen molar-refractivity contribution in [2.24, 2.45) is 0 Å². The number of aryl methyl sites for hydroxylation is 14. The van der Waals surface area contributed by atoms with Gasteiger partial charge in [-0.2, -0.15) is 0 Å². The highest BCUT2D eigenvalue weighted by Crippen LogP contribution is 2.56. The Kier molecular flexibility index (Phi) is 18.3. The second-order valence-electron chi connectivity index (χ2n) is 32.5. The minimum Gasteiger partial charge on any atom is -0.309 e. The lowest BCUT2D eigenvalue weighted by Crippen LogP contribution is -2.24. The van der Waals surface area contributed by atoms with Gasteiger partial charge in [-0.25, -0.2) is 0 Å². The maximum absolute atomic E-state index is 3.90. The third-order valence-electron chi connectivity index (χ3n) is 23.1. The summed E-state index contributed by atoms with van der Waals surface area (Å²) < 4.78 is 2.45. The molecule has 0 aliphatic heterocycles. The largest absolute Gasteiger partial charge is 0.309 e. The molecule has 2 aliphatic carbocycles. The molecule has 14 aromatic carbocycles. The highest BCUT2D eigenvalue weighted by atomic mass is 79.9. The molecule has 0 bridgehead atoms. The molecule has 101 heavy (non-hydrogen) atoms. The Bertz CT molecular complexity index is 5480. The Hall–Kier alpha value is -8.28. The topological polar surface area (TPSA) is 6.48 Å². The van der Waals surface area contributed by atoms with Crippen molar-refractivity contribution in [1.29, 1.82) is 0 Å². The summed E-state index contributed by atoms with van der Waals surface area (Å²) in [5, 5.41) is 16.8. The summed E-state index contributed by atoms with van der Waals surface area (Å²) in [4.78, 5) is 5.16. The smallest absolute Gasteiger partial charge is 0.0543 e. The van der Waals surface area contributed by atoms with Crippen molar-refractivity contribution in [3.05, 3.63) is 290 Å². The molecule has 0 fully saturated rings. The lowest BCUT2D eigenvalue weighted by Gasteiger charge is -2.37. The highest BCUT2D eigenvalue weighted by molar-refractivity contribution is 9.11. The average molecular weight is 1450 g/mol. The number of rotatable bonds is 10. The van der Waals surface area contributed by atoms with Gasteiger partial charge in [0.2, 0.25) is 0 Å². The molecule has 4 heteroatoms. The van der Waals surface area contributed by atoms with Crippen molar-refractivity contribution in [2.75, 3.05) is 9.80 Å². The van der Waals surface area contributed by atoms with E-state index in [4.69, 9.17) is 0 Å². The van der Waals surface area contributed by atoms with Crippen LogP contribution < -0.4 is 9.80 Å². The first-order valence-corrected chi connectivity index (χ1v) is 38.5. The Morgan fingerprint density at radius 3 is 1.06 bits per heavy atom. The van der Waals surface area contributed by atoms with E-state index < -0.39 is 0 Å². The van der Waals surface area contributed by atoms with E-state index in [1.165, 1.54) is 225 Å². The maximum atomic E-state index is 3.90. The summed E-state index contributed by atoms with van der Waals surface area (Å²) in [5.41, 5.74) is 35.0. The quantitative estimate of drug-likeness (QED) is 0.126. The molecule has 0 saturated heterocycles. The zero-order chi connectivity index (χ0) is 71.7. The van der Waals surface area contributed by atoms with Gasteiger partial charge in [-0.05, 0) is 325 Å². The van der Waals surface area contributed by atoms with Gasteiger partial charge in [-0.1, -0.05) is 230 Å². The van der Waals surface area contributed by atoms with Crippen LogP contribution in [0.15, 0.2) is 179 Å². The van der Waals surface area contributed by atoms with Gasteiger partial charge in [0.25, 0.3) is 0 Å². The third kappa shape index (κ3) is 12.4. The van der Waals surface area contributed by atoms with Crippen molar-refractivity contribution in [3.63, 3.8) is 0 Å². The van der Waals surface area contributed by atoms with Gasteiger partial charge < -0.3 is 9.80 Å². The SMILES string of the molecule is CC(C)c1cc(Br)c2cc3c4c(cc(Br)c5ccc1c2c54)CCC3(C)C.Cc1ccc(Cc2ccc(C)cc2C)c(C)c1.Cc1ccc(N(c2ccc(C)cc2C)c2cc(C(C)C)c3ccc4c(N(c5ccc(C)cc5C)c5ccc(C)cc5C)cc5c6c(cc2c3c46)C(C)(C)CC5)c(C)c1. The van der Waals surface area contributed by atoms with Crippen LogP contribution in [0.3, 0.4) is 0 Å². The monoisotopic (exact) mass is 1450 g/mol. The number of hydrogen-bond acceptors (Lipinski definition) is 2. The molecular weight excluding hydrogens is 1350 g/mol. The molecule has 2 aliphatic rings. The lowest BCUT2D eigenvalue weighted by atomic mass is 9.70.